The van der Waals surface area contributed by atoms with Gasteiger partial charge in [-0.15, -0.1) is 0 Å². The Morgan fingerprint density at radius 2 is 2.12 bits per heavy atom. The van der Waals surface area contributed by atoms with Gasteiger partial charge in [-0.2, -0.15) is 0 Å². The summed E-state index contributed by atoms with van der Waals surface area (Å²) in [6.45, 7) is 2.17. The average Bonchev–Trinajstić information content (AvgIpc) is 2.24. The van der Waals surface area contributed by atoms with Crippen LogP contribution < -0.4 is 10.5 Å². The molecule has 0 fully saturated rings. The van der Waals surface area contributed by atoms with Crippen LogP contribution in [0.1, 0.15) is 12.0 Å². The summed E-state index contributed by atoms with van der Waals surface area (Å²) in [5, 5.41) is 0.680. The van der Waals surface area contributed by atoms with Crippen molar-refractivity contribution in [3.63, 3.8) is 0 Å². The molecular weight excluding hydrogens is 224 g/mol. The van der Waals surface area contributed by atoms with E-state index in [1.165, 1.54) is 0 Å². The van der Waals surface area contributed by atoms with Crippen LogP contribution in [0.5, 0.6) is 5.75 Å². The van der Waals surface area contributed by atoms with Crippen molar-refractivity contribution in [2.24, 2.45) is 5.73 Å². The van der Waals surface area contributed by atoms with Gasteiger partial charge in [0.25, 0.3) is 0 Å². The highest BCUT2D eigenvalue weighted by atomic mass is 35.5. The second-order valence-electron chi connectivity index (χ2n) is 3.96. The lowest BCUT2D eigenvalue weighted by Gasteiger charge is -2.12. The molecule has 1 aromatic rings. The van der Waals surface area contributed by atoms with Gasteiger partial charge in [-0.25, -0.2) is 0 Å². The van der Waals surface area contributed by atoms with Gasteiger partial charge in [0.15, 0.2) is 0 Å². The predicted octanol–water partition coefficient (Wildman–Crippen LogP) is 2.13. The van der Waals surface area contributed by atoms with E-state index in [2.05, 4.69) is 4.90 Å². The maximum atomic E-state index is 5.91. The summed E-state index contributed by atoms with van der Waals surface area (Å²) in [5.41, 5.74) is 6.62. The van der Waals surface area contributed by atoms with E-state index >= 15 is 0 Å². The second-order valence-corrected chi connectivity index (χ2v) is 4.40. The zero-order valence-electron chi connectivity index (χ0n) is 9.87. The largest absolute Gasteiger partial charge is 0.493 e. The summed E-state index contributed by atoms with van der Waals surface area (Å²) >= 11 is 5.91. The van der Waals surface area contributed by atoms with Crippen molar-refractivity contribution < 1.29 is 4.74 Å². The van der Waals surface area contributed by atoms with Crippen molar-refractivity contribution in [2.45, 2.75) is 13.0 Å². The Kier molecular flexibility index (Phi) is 5.60. The third-order valence-corrected chi connectivity index (χ3v) is 2.49. The Labute approximate surface area is 102 Å². The maximum Gasteiger partial charge on any atom is 0.125 e. The Morgan fingerprint density at radius 3 is 2.75 bits per heavy atom. The van der Waals surface area contributed by atoms with Crippen LogP contribution in [0.2, 0.25) is 5.02 Å². The summed E-state index contributed by atoms with van der Waals surface area (Å²) in [7, 11) is 4.09. The summed E-state index contributed by atoms with van der Waals surface area (Å²) in [5.74, 6) is 0.800. The monoisotopic (exact) mass is 242 g/mol. The lowest BCUT2D eigenvalue weighted by molar-refractivity contribution is 0.279. The first kappa shape index (κ1) is 13.3. The summed E-state index contributed by atoms with van der Waals surface area (Å²) in [6, 6.07) is 5.56. The number of halogens is 1. The van der Waals surface area contributed by atoms with Crippen molar-refractivity contribution in [3.8, 4) is 5.75 Å². The molecule has 0 spiro atoms. The van der Waals surface area contributed by atoms with Crippen molar-refractivity contribution in [1.29, 1.82) is 0 Å². The Morgan fingerprint density at radius 1 is 1.38 bits per heavy atom. The molecule has 0 aromatic heterocycles. The van der Waals surface area contributed by atoms with Gasteiger partial charge in [-0.3, -0.25) is 0 Å². The summed E-state index contributed by atoms with van der Waals surface area (Å²) < 4.78 is 5.67. The molecule has 0 unspecified atom stereocenters. The molecule has 0 aliphatic carbocycles. The fraction of sp³-hybridized carbons (Fsp3) is 0.500. The minimum Gasteiger partial charge on any atom is -0.493 e. The SMILES string of the molecule is CN(C)CCCOc1cc(Cl)ccc1CN. The lowest BCUT2D eigenvalue weighted by Crippen LogP contribution is -2.16. The van der Waals surface area contributed by atoms with Crippen LogP contribution in [0.3, 0.4) is 0 Å². The molecular formula is C12H19ClN2O. The van der Waals surface area contributed by atoms with Crippen LogP contribution >= 0.6 is 11.6 Å². The zero-order valence-corrected chi connectivity index (χ0v) is 10.6. The predicted molar refractivity (Wildman–Crippen MR) is 68.0 cm³/mol. The van der Waals surface area contributed by atoms with Gasteiger partial charge in [0.1, 0.15) is 5.75 Å². The number of hydrogen-bond donors (Lipinski definition) is 1. The lowest BCUT2D eigenvalue weighted by atomic mass is 10.2. The highest BCUT2D eigenvalue weighted by molar-refractivity contribution is 6.30. The van der Waals surface area contributed by atoms with Gasteiger partial charge in [-0.1, -0.05) is 17.7 Å². The Balaban J connectivity index is 2.48. The number of rotatable bonds is 6. The highest BCUT2D eigenvalue weighted by Gasteiger charge is 2.03. The molecule has 0 bridgehead atoms. The van der Waals surface area contributed by atoms with Crippen LogP contribution in [0.15, 0.2) is 18.2 Å². The van der Waals surface area contributed by atoms with Crippen molar-refractivity contribution in [1.82, 2.24) is 4.90 Å². The highest BCUT2D eigenvalue weighted by Crippen LogP contribution is 2.23. The van der Waals surface area contributed by atoms with Crippen LogP contribution in [0.4, 0.5) is 0 Å². The van der Waals surface area contributed by atoms with E-state index in [1.807, 2.05) is 32.3 Å². The average molecular weight is 243 g/mol. The minimum absolute atomic E-state index is 0.472. The van der Waals surface area contributed by atoms with E-state index in [-0.39, 0.29) is 0 Å². The quantitative estimate of drug-likeness (QED) is 0.777. The number of nitrogens with two attached hydrogens (primary N) is 1. The van der Waals surface area contributed by atoms with E-state index in [9.17, 15) is 0 Å². The number of ether oxygens (including phenoxy) is 1. The molecule has 90 valence electrons. The smallest absolute Gasteiger partial charge is 0.125 e. The first-order chi connectivity index (χ1) is 7.63. The molecule has 4 heteroatoms. The van der Waals surface area contributed by atoms with Crippen LogP contribution in [-0.4, -0.2) is 32.1 Å². The van der Waals surface area contributed by atoms with E-state index < -0.39 is 0 Å². The fourth-order valence-electron chi connectivity index (χ4n) is 1.39. The standard InChI is InChI=1S/C12H19ClN2O/c1-15(2)6-3-7-16-12-8-11(13)5-4-10(12)9-14/h4-5,8H,3,6-7,9,14H2,1-2H3. The molecule has 16 heavy (non-hydrogen) atoms. The molecule has 0 radical (unpaired) electrons. The van der Waals surface area contributed by atoms with Crippen LogP contribution in [-0.2, 0) is 6.54 Å². The zero-order chi connectivity index (χ0) is 12.0. The van der Waals surface area contributed by atoms with Gasteiger partial charge in [0.05, 0.1) is 6.61 Å². The maximum absolute atomic E-state index is 5.91. The van der Waals surface area contributed by atoms with Crippen molar-refractivity contribution in [2.75, 3.05) is 27.2 Å². The van der Waals surface area contributed by atoms with Gasteiger partial charge in [0.2, 0.25) is 0 Å². The molecule has 0 saturated carbocycles. The van der Waals surface area contributed by atoms with E-state index in [4.69, 9.17) is 22.1 Å². The summed E-state index contributed by atoms with van der Waals surface area (Å²) in [4.78, 5) is 2.13. The van der Waals surface area contributed by atoms with E-state index in [0.29, 0.717) is 18.2 Å². The van der Waals surface area contributed by atoms with Gasteiger partial charge in [0, 0.05) is 23.7 Å². The third kappa shape index (κ3) is 4.39. The molecule has 1 rings (SSSR count). The van der Waals surface area contributed by atoms with Crippen LogP contribution in [0, 0.1) is 0 Å². The molecule has 1 aromatic carbocycles. The molecule has 0 amide bonds. The third-order valence-electron chi connectivity index (χ3n) is 2.26. The molecule has 0 saturated heterocycles. The Bertz CT molecular complexity index is 329. The molecule has 0 heterocycles. The van der Waals surface area contributed by atoms with Gasteiger partial charge < -0.3 is 15.4 Å². The number of benzene rings is 1. The topological polar surface area (TPSA) is 38.5 Å². The van der Waals surface area contributed by atoms with E-state index in [1.54, 1.807) is 0 Å². The second kappa shape index (κ2) is 6.74. The summed E-state index contributed by atoms with van der Waals surface area (Å²) in [6.07, 6.45) is 0.990. The molecule has 0 aliphatic heterocycles. The van der Waals surface area contributed by atoms with E-state index in [0.717, 1.165) is 24.3 Å². The number of hydrogen-bond acceptors (Lipinski definition) is 3. The molecule has 3 nitrogen and oxygen atoms in total. The van der Waals surface area contributed by atoms with Gasteiger partial charge in [-0.05, 0) is 32.6 Å². The Hall–Kier alpha value is -0.770. The first-order valence-corrected chi connectivity index (χ1v) is 5.77. The molecule has 0 aliphatic rings. The van der Waals surface area contributed by atoms with Gasteiger partial charge >= 0.3 is 0 Å². The molecule has 2 N–H and O–H groups in total. The molecule has 0 atom stereocenters. The van der Waals surface area contributed by atoms with Crippen molar-refractivity contribution >= 4 is 11.6 Å². The van der Waals surface area contributed by atoms with Crippen LogP contribution in [0.25, 0.3) is 0 Å². The fourth-order valence-corrected chi connectivity index (χ4v) is 1.56. The van der Waals surface area contributed by atoms with Crippen molar-refractivity contribution in [3.05, 3.63) is 28.8 Å². The minimum atomic E-state index is 0.472. The first-order valence-electron chi connectivity index (χ1n) is 5.39. The normalized spacial score (nSPS) is 10.8. The number of nitrogens with zero attached hydrogens (tertiary/aromatic N) is 1.